The molecule has 2 atom stereocenters. The third-order valence-electron chi connectivity index (χ3n) is 5.86. The van der Waals surface area contributed by atoms with Crippen LogP contribution in [0.15, 0.2) is 69.0 Å². The van der Waals surface area contributed by atoms with Crippen LogP contribution in [-0.4, -0.2) is 28.3 Å². The van der Waals surface area contributed by atoms with Gasteiger partial charge in [-0.15, -0.1) is 0 Å². The molecule has 4 rings (SSSR count). The van der Waals surface area contributed by atoms with Crippen molar-refractivity contribution in [2.45, 2.75) is 30.0 Å². The molecule has 1 amide bonds. The quantitative estimate of drug-likeness (QED) is 0.296. The van der Waals surface area contributed by atoms with Gasteiger partial charge in [-0.3, -0.25) is 4.79 Å². The summed E-state index contributed by atoms with van der Waals surface area (Å²) in [6.45, 7) is 1.47. The van der Waals surface area contributed by atoms with E-state index in [2.05, 4.69) is 9.52 Å². The first-order valence-electron chi connectivity index (χ1n) is 10.7. The summed E-state index contributed by atoms with van der Waals surface area (Å²) in [5.74, 6) is -3.25. The average molecular weight is 591 g/mol. The fraction of sp³-hybridized carbons (Fsp3) is 0.200. The number of nitrogens with zero attached hydrogens (tertiary/aromatic N) is 2. The Balaban J connectivity index is 1.67. The van der Waals surface area contributed by atoms with Gasteiger partial charge in [-0.05, 0) is 60.5 Å². The highest BCUT2D eigenvalue weighted by Gasteiger charge is 2.62. The first-order valence-corrected chi connectivity index (χ1v) is 13.4. The lowest BCUT2D eigenvalue weighted by molar-refractivity contribution is -0.275. The van der Waals surface area contributed by atoms with Crippen LogP contribution in [0, 0.1) is 18.6 Å². The molecule has 0 N–H and O–H groups in total. The number of aryl methyl sites for hydroxylation is 1. The molecular formula is C25H17Cl2F5N2O3S. The number of benzene rings is 3. The maximum atomic E-state index is 14.2. The van der Waals surface area contributed by atoms with Crippen molar-refractivity contribution < 1.29 is 35.8 Å². The minimum Gasteiger partial charge on any atom is -0.374 e. The lowest BCUT2D eigenvalue weighted by Gasteiger charge is -2.29. The summed E-state index contributed by atoms with van der Waals surface area (Å²) in [6.07, 6.45) is -4.67. The summed E-state index contributed by atoms with van der Waals surface area (Å²) in [4.78, 5) is 16.9. The fourth-order valence-electron chi connectivity index (χ4n) is 4.03. The third-order valence-corrected chi connectivity index (χ3v) is 7.96. The van der Waals surface area contributed by atoms with Crippen LogP contribution in [0.2, 0.25) is 10.0 Å². The Labute approximate surface area is 224 Å². The molecule has 0 aliphatic carbocycles. The van der Waals surface area contributed by atoms with Crippen LogP contribution in [-0.2, 0) is 20.2 Å². The Kier molecular flexibility index (Phi) is 7.32. The van der Waals surface area contributed by atoms with Gasteiger partial charge in [0, 0.05) is 33.8 Å². The van der Waals surface area contributed by atoms with Crippen molar-refractivity contribution in [1.82, 2.24) is 0 Å². The first-order chi connectivity index (χ1) is 17.6. The lowest BCUT2D eigenvalue weighted by atomic mass is 9.86. The van der Waals surface area contributed by atoms with Crippen LogP contribution in [0.1, 0.15) is 33.5 Å². The van der Waals surface area contributed by atoms with Crippen LogP contribution in [0.5, 0.6) is 0 Å². The third kappa shape index (κ3) is 5.14. The van der Waals surface area contributed by atoms with Crippen LogP contribution >= 0.6 is 23.2 Å². The molecule has 0 radical (unpaired) electrons. The van der Waals surface area contributed by atoms with E-state index in [1.807, 2.05) is 0 Å². The second-order valence-electron chi connectivity index (χ2n) is 8.57. The molecule has 5 nitrogen and oxygen atoms in total. The van der Waals surface area contributed by atoms with Gasteiger partial charge in [0.2, 0.25) is 0 Å². The van der Waals surface area contributed by atoms with Crippen LogP contribution in [0.25, 0.3) is 0 Å². The van der Waals surface area contributed by atoms with Gasteiger partial charge in [-0.25, -0.2) is 13.0 Å². The van der Waals surface area contributed by atoms with E-state index in [-0.39, 0.29) is 38.0 Å². The van der Waals surface area contributed by atoms with E-state index in [0.29, 0.717) is 0 Å². The summed E-state index contributed by atoms with van der Waals surface area (Å²) >= 11 is 11.8. The SMILES string of the molecule is Cc1cc(C2=NOC(c3cc(Cl)cc(Cl)c3)(C(F)(F)F)C2)ccc1C(=O)N=S(C)(=O)c1c(F)cccc1F. The van der Waals surface area contributed by atoms with E-state index in [0.717, 1.165) is 36.6 Å². The van der Waals surface area contributed by atoms with Crippen molar-refractivity contribution >= 4 is 44.5 Å². The molecule has 1 aliphatic rings. The van der Waals surface area contributed by atoms with Gasteiger partial charge in [0.05, 0.1) is 15.4 Å². The highest BCUT2D eigenvalue weighted by Crippen LogP contribution is 2.49. The second kappa shape index (κ2) is 9.94. The van der Waals surface area contributed by atoms with Gasteiger partial charge < -0.3 is 4.84 Å². The van der Waals surface area contributed by atoms with Crippen molar-refractivity contribution in [3.63, 3.8) is 0 Å². The highest BCUT2D eigenvalue weighted by molar-refractivity contribution is 7.93. The monoisotopic (exact) mass is 590 g/mol. The predicted octanol–water partition coefficient (Wildman–Crippen LogP) is 7.46. The van der Waals surface area contributed by atoms with E-state index in [4.69, 9.17) is 28.0 Å². The summed E-state index contributed by atoms with van der Waals surface area (Å²) in [5.41, 5.74) is -2.84. The largest absolute Gasteiger partial charge is 0.435 e. The number of hydrogen-bond donors (Lipinski definition) is 0. The van der Waals surface area contributed by atoms with Crippen molar-refractivity contribution in [1.29, 1.82) is 0 Å². The number of rotatable bonds is 4. The van der Waals surface area contributed by atoms with Gasteiger partial charge in [-0.2, -0.15) is 17.5 Å². The molecule has 1 aliphatic heterocycles. The molecule has 0 spiro atoms. The topological polar surface area (TPSA) is 68.1 Å². The van der Waals surface area contributed by atoms with E-state index in [9.17, 15) is 31.0 Å². The summed E-state index contributed by atoms with van der Waals surface area (Å²) < 4.78 is 87.4. The van der Waals surface area contributed by atoms with Gasteiger partial charge in [0.15, 0.2) is 0 Å². The van der Waals surface area contributed by atoms with Crippen molar-refractivity contribution in [2.75, 3.05) is 6.26 Å². The van der Waals surface area contributed by atoms with Gasteiger partial charge >= 0.3 is 6.18 Å². The molecule has 38 heavy (non-hydrogen) atoms. The standard InChI is InChI=1S/C25H17Cl2F5N2O3S/c1-13-8-14(6-7-18(13)23(35)34-38(2,36)22-19(28)4-3-5-20(22)29)21-12-24(37-33-21,25(30,31)32)15-9-16(26)11-17(27)10-15/h3-11H,12H2,1-2H3. The first kappa shape index (κ1) is 28.0. The smallest absolute Gasteiger partial charge is 0.374 e. The lowest BCUT2D eigenvalue weighted by Crippen LogP contribution is -2.42. The van der Waals surface area contributed by atoms with E-state index < -0.39 is 50.4 Å². The zero-order valence-corrected chi connectivity index (χ0v) is 21.9. The number of oxime groups is 1. The van der Waals surface area contributed by atoms with E-state index in [1.165, 1.54) is 31.2 Å². The Morgan fingerprint density at radius 2 is 1.66 bits per heavy atom. The Hall–Kier alpha value is -3.02. The molecule has 200 valence electrons. The minimum absolute atomic E-state index is 0.0154. The Bertz CT molecular complexity index is 1580. The molecule has 3 aromatic carbocycles. The van der Waals surface area contributed by atoms with Crippen molar-refractivity contribution in [3.05, 3.63) is 98.5 Å². The maximum absolute atomic E-state index is 14.2. The zero-order chi connectivity index (χ0) is 28.0. The highest BCUT2D eigenvalue weighted by atomic mass is 35.5. The van der Waals surface area contributed by atoms with Crippen LogP contribution < -0.4 is 0 Å². The number of carbonyl (C=O) groups excluding carboxylic acids is 1. The number of carbonyl (C=O) groups is 1. The minimum atomic E-state index is -4.89. The number of alkyl halides is 3. The molecule has 0 bridgehead atoms. The van der Waals surface area contributed by atoms with E-state index in [1.54, 1.807) is 0 Å². The van der Waals surface area contributed by atoms with Crippen molar-refractivity contribution in [2.24, 2.45) is 9.52 Å². The number of amides is 1. The molecule has 13 heteroatoms. The maximum Gasteiger partial charge on any atom is 0.435 e. The Morgan fingerprint density at radius 1 is 1.05 bits per heavy atom. The van der Waals surface area contributed by atoms with Crippen molar-refractivity contribution in [3.8, 4) is 0 Å². The summed E-state index contributed by atoms with van der Waals surface area (Å²) in [6, 6.07) is 10.3. The molecule has 0 fully saturated rings. The van der Waals surface area contributed by atoms with Gasteiger partial charge in [0.25, 0.3) is 11.5 Å². The van der Waals surface area contributed by atoms with Crippen LogP contribution in [0.4, 0.5) is 22.0 Å². The van der Waals surface area contributed by atoms with E-state index >= 15 is 0 Å². The summed E-state index contributed by atoms with van der Waals surface area (Å²) in [7, 11) is -3.80. The van der Waals surface area contributed by atoms with Gasteiger partial charge in [0.1, 0.15) is 16.5 Å². The molecule has 2 unspecified atom stereocenters. The fourth-order valence-corrected chi connectivity index (χ4v) is 5.92. The summed E-state index contributed by atoms with van der Waals surface area (Å²) in [5, 5.41) is 3.64. The molecule has 3 aromatic rings. The zero-order valence-electron chi connectivity index (χ0n) is 19.6. The number of halogens is 7. The predicted molar refractivity (Wildman–Crippen MR) is 133 cm³/mol. The molecule has 0 saturated heterocycles. The average Bonchev–Trinajstić information content (AvgIpc) is 3.25. The normalized spacial score (nSPS) is 18.9. The van der Waals surface area contributed by atoms with Crippen LogP contribution in [0.3, 0.4) is 0 Å². The second-order valence-corrected chi connectivity index (χ2v) is 11.6. The molecule has 0 aromatic heterocycles. The number of hydrogen-bond acceptors (Lipinski definition) is 4. The molecule has 0 saturated carbocycles. The van der Waals surface area contributed by atoms with Gasteiger partial charge in [-0.1, -0.05) is 40.5 Å². The Morgan fingerprint density at radius 3 is 2.21 bits per heavy atom. The molecular weight excluding hydrogens is 574 g/mol. The molecule has 1 heterocycles.